The number of nitrogens with zero attached hydrogens (tertiary/aromatic N) is 1. The van der Waals surface area contributed by atoms with Crippen molar-refractivity contribution in [3.8, 4) is 5.75 Å². The summed E-state index contributed by atoms with van der Waals surface area (Å²) in [6.45, 7) is 5.18. The summed E-state index contributed by atoms with van der Waals surface area (Å²) in [7, 11) is 1.56. The van der Waals surface area contributed by atoms with Crippen molar-refractivity contribution in [2.24, 2.45) is 0 Å². The lowest BCUT2D eigenvalue weighted by atomic mass is 10.0. The Kier molecular flexibility index (Phi) is 9.62. The van der Waals surface area contributed by atoms with E-state index in [-0.39, 0.29) is 36.8 Å². The lowest BCUT2D eigenvalue weighted by molar-refractivity contribution is -0.130. The van der Waals surface area contributed by atoms with Crippen LogP contribution >= 0.6 is 11.3 Å². The van der Waals surface area contributed by atoms with Crippen LogP contribution in [-0.2, 0) is 27.2 Å². The predicted molar refractivity (Wildman–Crippen MR) is 174 cm³/mol. The van der Waals surface area contributed by atoms with Crippen molar-refractivity contribution >= 4 is 56.6 Å². The van der Waals surface area contributed by atoms with Crippen LogP contribution in [0.4, 0.5) is 0 Å². The minimum Gasteiger partial charge on any atom is -0.496 e. The second kappa shape index (κ2) is 13.8. The number of amides is 3. The molecule has 0 spiro atoms. The van der Waals surface area contributed by atoms with Crippen molar-refractivity contribution in [1.29, 1.82) is 0 Å². The minimum atomic E-state index is -1.06. The lowest BCUT2D eigenvalue weighted by Crippen LogP contribution is -2.55. The van der Waals surface area contributed by atoms with E-state index >= 15 is 0 Å². The van der Waals surface area contributed by atoms with Gasteiger partial charge in [-0.1, -0.05) is 38.1 Å². The van der Waals surface area contributed by atoms with E-state index in [9.17, 15) is 19.2 Å². The van der Waals surface area contributed by atoms with Crippen molar-refractivity contribution in [3.63, 3.8) is 0 Å². The first-order valence-electron chi connectivity index (χ1n) is 14.7. The molecule has 234 valence electrons. The van der Waals surface area contributed by atoms with Crippen LogP contribution in [0.3, 0.4) is 0 Å². The van der Waals surface area contributed by atoms with Gasteiger partial charge in [-0.05, 0) is 36.2 Å². The van der Waals surface area contributed by atoms with E-state index in [4.69, 9.17) is 4.74 Å². The summed E-state index contributed by atoms with van der Waals surface area (Å²) in [4.78, 5) is 63.3. The van der Waals surface area contributed by atoms with Gasteiger partial charge in [0.15, 0.2) is 0 Å². The van der Waals surface area contributed by atoms with Gasteiger partial charge in [-0.15, -0.1) is 11.3 Å². The maximum Gasteiger partial charge on any atom is 0.271 e. The number of methoxy groups -OCH3 is 1. The molecule has 3 heterocycles. The summed E-state index contributed by atoms with van der Waals surface area (Å²) in [5.74, 6) is -1.03. The standard InChI is InChI=1S/C33H36N6O5S/c1-18(2)33-39-27(17-45-33)32(43)38-26(12-20-15-34-23-9-6-5-8-22(20)23)31(42)37-25(30(41)36-14-19(3)40)13-21-16-35-24-10-7-11-28(44-4)29(21)24/h5-11,15-18,25-26,34-35H,12-14H2,1-4H3,(H,36,41)(H,37,42)(H,38,43)/t25-,26-/m0/s1. The van der Waals surface area contributed by atoms with Gasteiger partial charge in [0.2, 0.25) is 11.8 Å². The summed E-state index contributed by atoms with van der Waals surface area (Å²) in [6, 6.07) is 11.1. The van der Waals surface area contributed by atoms with Gasteiger partial charge in [-0.3, -0.25) is 19.2 Å². The zero-order valence-electron chi connectivity index (χ0n) is 25.5. The number of aromatic amines is 2. The Morgan fingerprint density at radius 3 is 2.31 bits per heavy atom. The van der Waals surface area contributed by atoms with E-state index in [0.717, 1.165) is 37.9 Å². The number of thiazole rings is 1. The first-order chi connectivity index (χ1) is 21.6. The Morgan fingerprint density at radius 2 is 1.58 bits per heavy atom. The number of ether oxygens (including phenoxy) is 1. The number of carbonyl (C=O) groups excluding carboxylic acids is 4. The Bertz CT molecular complexity index is 1850. The minimum absolute atomic E-state index is 0.105. The smallest absolute Gasteiger partial charge is 0.271 e. The number of hydrogen-bond donors (Lipinski definition) is 5. The summed E-state index contributed by atoms with van der Waals surface area (Å²) < 4.78 is 5.55. The van der Waals surface area contributed by atoms with Crippen molar-refractivity contribution in [2.45, 2.75) is 51.6 Å². The summed E-state index contributed by atoms with van der Waals surface area (Å²) in [6.07, 6.45) is 3.84. The topological polar surface area (TPSA) is 158 Å². The van der Waals surface area contributed by atoms with Crippen LogP contribution in [0.15, 0.2) is 60.2 Å². The van der Waals surface area contributed by atoms with Crippen LogP contribution in [0.1, 0.15) is 53.3 Å². The van der Waals surface area contributed by atoms with E-state index in [2.05, 4.69) is 30.9 Å². The maximum atomic E-state index is 14.0. The molecular formula is C33H36N6O5S. The van der Waals surface area contributed by atoms with Crippen LogP contribution < -0.4 is 20.7 Å². The van der Waals surface area contributed by atoms with E-state index < -0.39 is 29.8 Å². The number of fused-ring (bicyclic) bond motifs is 2. The fourth-order valence-electron chi connectivity index (χ4n) is 5.21. The van der Waals surface area contributed by atoms with Crippen molar-refractivity contribution < 1.29 is 23.9 Å². The van der Waals surface area contributed by atoms with E-state index in [1.165, 1.54) is 18.3 Å². The third kappa shape index (κ3) is 7.23. The number of hydrogen-bond acceptors (Lipinski definition) is 7. The zero-order chi connectivity index (χ0) is 32.1. The van der Waals surface area contributed by atoms with Gasteiger partial charge < -0.3 is 30.7 Å². The van der Waals surface area contributed by atoms with Crippen LogP contribution in [0.2, 0.25) is 0 Å². The van der Waals surface area contributed by atoms with Crippen LogP contribution in [0.5, 0.6) is 5.75 Å². The molecule has 0 bridgehead atoms. The Morgan fingerprint density at radius 1 is 0.889 bits per heavy atom. The molecule has 0 aliphatic rings. The molecule has 0 saturated heterocycles. The number of carbonyl (C=O) groups is 4. The second-order valence-corrected chi connectivity index (χ2v) is 12.1. The molecule has 0 aliphatic carbocycles. The summed E-state index contributed by atoms with van der Waals surface area (Å²) in [5.41, 5.74) is 3.50. The maximum absolute atomic E-state index is 14.0. The molecule has 0 unspecified atom stereocenters. The number of aromatic nitrogens is 3. The molecule has 5 aromatic rings. The molecule has 11 nitrogen and oxygen atoms in total. The molecule has 0 aliphatic heterocycles. The van der Waals surface area contributed by atoms with Crippen molar-refractivity contribution in [3.05, 3.63) is 82.1 Å². The molecule has 5 rings (SSSR count). The highest BCUT2D eigenvalue weighted by atomic mass is 32.1. The first-order valence-corrected chi connectivity index (χ1v) is 15.5. The largest absolute Gasteiger partial charge is 0.496 e. The van der Waals surface area contributed by atoms with Gasteiger partial charge in [-0.2, -0.15) is 0 Å². The molecule has 3 amide bonds. The van der Waals surface area contributed by atoms with E-state index in [1.807, 2.05) is 62.5 Å². The highest BCUT2D eigenvalue weighted by molar-refractivity contribution is 7.09. The third-order valence-corrected chi connectivity index (χ3v) is 8.65. The van der Waals surface area contributed by atoms with Gasteiger partial charge in [-0.25, -0.2) is 4.98 Å². The Labute approximate surface area is 264 Å². The number of rotatable bonds is 13. The summed E-state index contributed by atoms with van der Waals surface area (Å²) >= 11 is 1.39. The van der Waals surface area contributed by atoms with Gasteiger partial charge >= 0.3 is 0 Å². The first kappa shape index (κ1) is 31.5. The highest BCUT2D eigenvalue weighted by Gasteiger charge is 2.30. The second-order valence-electron chi connectivity index (χ2n) is 11.2. The molecule has 0 fully saturated rings. The van der Waals surface area contributed by atoms with E-state index in [1.54, 1.807) is 18.7 Å². The van der Waals surface area contributed by atoms with Crippen LogP contribution in [-0.4, -0.2) is 64.2 Å². The normalized spacial score (nSPS) is 12.6. The zero-order valence-corrected chi connectivity index (χ0v) is 26.3. The number of ketones is 1. The number of para-hydroxylation sites is 1. The molecule has 0 saturated carbocycles. The molecule has 3 aromatic heterocycles. The number of H-pyrrole nitrogens is 2. The summed E-state index contributed by atoms with van der Waals surface area (Å²) in [5, 5.41) is 12.5. The molecule has 0 radical (unpaired) electrons. The average molecular weight is 629 g/mol. The monoisotopic (exact) mass is 628 g/mol. The molecule has 12 heteroatoms. The highest BCUT2D eigenvalue weighted by Crippen LogP contribution is 2.29. The fourth-order valence-corrected chi connectivity index (χ4v) is 6.02. The fraction of sp³-hybridized carbons (Fsp3) is 0.303. The van der Waals surface area contributed by atoms with Gasteiger partial charge in [0.25, 0.3) is 5.91 Å². The molecule has 2 aromatic carbocycles. The average Bonchev–Trinajstić information content (AvgIpc) is 3.78. The lowest BCUT2D eigenvalue weighted by Gasteiger charge is -2.23. The van der Waals surface area contributed by atoms with E-state index in [0.29, 0.717) is 5.75 Å². The van der Waals surface area contributed by atoms with Crippen LogP contribution in [0.25, 0.3) is 21.8 Å². The quantitative estimate of drug-likeness (QED) is 0.133. The molecule has 45 heavy (non-hydrogen) atoms. The van der Waals surface area contributed by atoms with Crippen molar-refractivity contribution in [2.75, 3.05) is 13.7 Å². The number of nitrogens with one attached hydrogen (secondary N) is 5. The third-order valence-electron chi connectivity index (χ3n) is 7.51. The van der Waals surface area contributed by atoms with Gasteiger partial charge in [0.05, 0.1) is 18.7 Å². The predicted octanol–water partition coefficient (Wildman–Crippen LogP) is 4.01. The molecule has 2 atom stereocenters. The number of Topliss-reactive ketones (excluding diaryl/α,β-unsaturated/α-hetero) is 1. The molecule has 5 N–H and O–H groups in total. The van der Waals surface area contributed by atoms with Gasteiger partial charge in [0.1, 0.15) is 29.3 Å². The van der Waals surface area contributed by atoms with Gasteiger partial charge in [0, 0.05) is 58.3 Å². The SMILES string of the molecule is COc1cccc2[nH]cc(C[C@H](NC(=O)[C@H](Cc3c[nH]c4ccccc34)NC(=O)c3csc(C(C)C)n3)C(=O)NCC(C)=O)c12. The molecular weight excluding hydrogens is 592 g/mol. The Balaban J connectivity index is 1.45. The number of benzene rings is 2. The van der Waals surface area contributed by atoms with Crippen LogP contribution in [0, 0.1) is 0 Å². The Hall–Kier alpha value is -4.97. The van der Waals surface area contributed by atoms with Crippen molar-refractivity contribution in [1.82, 2.24) is 30.9 Å².